The van der Waals surface area contributed by atoms with Crippen molar-refractivity contribution in [3.63, 3.8) is 0 Å². The molecule has 1 aromatic carbocycles. The fraction of sp³-hybridized carbons (Fsp3) is 0.550. The number of carbonyl (C=O) groups is 3. The van der Waals surface area contributed by atoms with Crippen LogP contribution in [0.1, 0.15) is 25.3 Å². The molecule has 4 heterocycles. The molecule has 8 nitrogen and oxygen atoms in total. The molecule has 3 amide bonds. The second-order valence-corrected chi connectivity index (χ2v) is 8.67. The fourth-order valence-corrected chi connectivity index (χ4v) is 5.59. The minimum Gasteiger partial charge on any atom is -0.392 e. The summed E-state index contributed by atoms with van der Waals surface area (Å²) in [4.78, 5) is 41.2. The molecule has 3 saturated heterocycles. The van der Waals surface area contributed by atoms with Gasteiger partial charge in [0.2, 0.25) is 17.7 Å². The van der Waals surface area contributed by atoms with Crippen molar-refractivity contribution in [2.75, 3.05) is 18.5 Å². The lowest BCUT2D eigenvalue weighted by atomic mass is 9.76. The van der Waals surface area contributed by atoms with E-state index in [0.29, 0.717) is 22.9 Å². The van der Waals surface area contributed by atoms with Gasteiger partial charge in [0.1, 0.15) is 5.54 Å². The number of imide groups is 1. The Hall–Kier alpha value is -2.00. The van der Waals surface area contributed by atoms with E-state index in [1.165, 1.54) is 4.90 Å². The van der Waals surface area contributed by atoms with Crippen LogP contribution in [-0.2, 0) is 24.7 Å². The van der Waals surface area contributed by atoms with E-state index < -0.39 is 41.3 Å². The van der Waals surface area contributed by atoms with Crippen molar-refractivity contribution in [3.8, 4) is 0 Å². The van der Waals surface area contributed by atoms with Crippen molar-refractivity contribution in [2.24, 2.45) is 11.8 Å². The highest BCUT2D eigenvalue weighted by molar-refractivity contribution is 6.35. The van der Waals surface area contributed by atoms with Crippen LogP contribution in [-0.4, -0.2) is 59.1 Å². The van der Waals surface area contributed by atoms with Gasteiger partial charge in [-0.15, -0.1) is 0 Å². The fourth-order valence-electron chi connectivity index (χ4n) is 5.37. The van der Waals surface area contributed by atoms with Gasteiger partial charge >= 0.3 is 0 Å². The van der Waals surface area contributed by atoms with Crippen LogP contribution in [0.4, 0.5) is 5.69 Å². The molecule has 0 radical (unpaired) electrons. The summed E-state index contributed by atoms with van der Waals surface area (Å²) in [6.45, 7) is 2.35. The number of carbonyl (C=O) groups excluding carboxylic acids is 3. The predicted molar refractivity (Wildman–Crippen MR) is 103 cm³/mol. The first-order valence-electron chi connectivity index (χ1n) is 9.89. The number of para-hydroxylation sites is 1. The second-order valence-electron chi connectivity index (χ2n) is 8.26. The van der Waals surface area contributed by atoms with Crippen LogP contribution in [0.25, 0.3) is 0 Å². The first-order chi connectivity index (χ1) is 13.9. The van der Waals surface area contributed by atoms with E-state index >= 15 is 0 Å². The summed E-state index contributed by atoms with van der Waals surface area (Å²) in [6, 6.07) is 4.36. The molecule has 1 spiro atoms. The molecule has 1 aromatic rings. The van der Waals surface area contributed by atoms with E-state index in [-0.39, 0.29) is 18.6 Å². The maximum absolute atomic E-state index is 13.5. The van der Waals surface area contributed by atoms with Crippen LogP contribution < -0.4 is 10.6 Å². The zero-order chi connectivity index (χ0) is 20.5. The molecular weight excluding hydrogens is 398 g/mol. The van der Waals surface area contributed by atoms with Gasteiger partial charge in [0.05, 0.1) is 41.3 Å². The summed E-state index contributed by atoms with van der Waals surface area (Å²) in [6.07, 6.45) is 0.561. The Labute approximate surface area is 172 Å². The van der Waals surface area contributed by atoms with Gasteiger partial charge in [-0.05, 0) is 25.8 Å². The van der Waals surface area contributed by atoms with E-state index in [1.54, 1.807) is 25.1 Å². The summed E-state index contributed by atoms with van der Waals surface area (Å²) in [5.74, 6) is -2.99. The molecule has 9 heteroatoms. The summed E-state index contributed by atoms with van der Waals surface area (Å²) >= 11 is 6.27. The summed E-state index contributed by atoms with van der Waals surface area (Å²) in [7, 11) is 0. The van der Waals surface area contributed by atoms with Crippen LogP contribution in [0.5, 0.6) is 0 Å². The number of hydrogen-bond acceptors (Lipinski definition) is 6. The monoisotopic (exact) mass is 419 g/mol. The first kappa shape index (κ1) is 19.0. The normalized spacial score (nSPS) is 36.7. The van der Waals surface area contributed by atoms with Crippen molar-refractivity contribution in [2.45, 2.75) is 43.6 Å². The zero-order valence-electron chi connectivity index (χ0n) is 15.9. The van der Waals surface area contributed by atoms with Gasteiger partial charge in [0.15, 0.2) is 0 Å². The number of aliphatic hydroxyl groups is 1. The lowest BCUT2D eigenvalue weighted by Crippen LogP contribution is -2.55. The standard InChI is InChI=1S/C20H22ClN3O5/c1-9(25)15-13-14(18(27)24(17(13)26)8-10-4-3-7-29-10)20(23-15)11-5-2-6-12(21)16(11)22-19(20)28/h2,5-6,9-10,13-15,23,25H,3-4,7-8H2,1H3,(H,22,28)/t9-,10-,13-,14-,15+,20-/m0/s1. The van der Waals surface area contributed by atoms with Gasteiger partial charge in [-0.3, -0.25) is 24.6 Å². The maximum Gasteiger partial charge on any atom is 0.250 e. The maximum atomic E-state index is 13.5. The van der Waals surface area contributed by atoms with Crippen LogP contribution >= 0.6 is 11.6 Å². The zero-order valence-corrected chi connectivity index (χ0v) is 16.6. The van der Waals surface area contributed by atoms with Gasteiger partial charge in [-0.2, -0.15) is 0 Å². The van der Waals surface area contributed by atoms with Crippen LogP contribution in [0, 0.1) is 11.8 Å². The van der Waals surface area contributed by atoms with Gasteiger partial charge in [0.25, 0.3) is 0 Å². The van der Waals surface area contributed by atoms with Crippen molar-refractivity contribution in [3.05, 3.63) is 28.8 Å². The number of nitrogens with zero attached hydrogens (tertiary/aromatic N) is 1. The van der Waals surface area contributed by atoms with Crippen LogP contribution in [0.15, 0.2) is 18.2 Å². The topological polar surface area (TPSA) is 108 Å². The quantitative estimate of drug-likeness (QED) is 0.620. The molecule has 0 aromatic heterocycles. The molecule has 4 aliphatic heterocycles. The highest BCUT2D eigenvalue weighted by atomic mass is 35.5. The van der Waals surface area contributed by atoms with Gasteiger partial charge in [-0.1, -0.05) is 23.7 Å². The summed E-state index contributed by atoms with van der Waals surface area (Å²) in [5.41, 5.74) is -0.465. The van der Waals surface area contributed by atoms with Crippen LogP contribution in [0.3, 0.4) is 0 Å². The van der Waals surface area contributed by atoms with E-state index in [0.717, 1.165) is 12.8 Å². The van der Waals surface area contributed by atoms with E-state index in [1.807, 2.05) is 0 Å². The molecule has 0 saturated carbocycles. The highest BCUT2D eigenvalue weighted by Gasteiger charge is 2.71. The Morgan fingerprint density at radius 1 is 1.34 bits per heavy atom. The Bertz CT molecular complexity index is 915. The molecule has 154 valence electrons. The molecule has 0 bridgehead atoms. The Kier molecular flexibility index (Phi) is 4.26. The van der Waals surface area contributed by atoms with Gasteiger partial charge < -0.3 is 15.2 Å². The van der Waals surface area contributed by atoms with Crippen molar-refractivity contribution >= 4 is 35.0 Å². The number of benzene rings is 1. The Morgan fingerprint density at radius 2 is 2.14 bits per heavy atom. The minimum absolute atomic E-state index is 0.178. The SMILES string of the molecule is C[C@H](O)[C@H]1N[C@]2(C(=O)Nc3c(Cl)cccc32)[C@@H]2C(=O)N(C[C@@H]3CCCO3)C(=O)[C@H]12. The molecule has 3 fully saturated rings. The second kappa shape index (κ2) is 6.50. The predicted octanol–water partition coefficient (Wildman–Crippen LogP) is 0.620. The number of amides is 3. The van der Waals surface area contributed by atoms with Gasteiger partial charge in [0, 0.05) is 18.2 Å². The number of aliphatic hydroxyl groups excluding tert-OH is 1. The number of likely N-dealkylation sites (tertiary alicyclic amines) is 1. The largest absolute Gasteiger partial charge is 0.392 e. The third-order valence-corrected chi connectivity index (χ3v) is 6.97. The molecule has 3 N–H and O–H groups in total. The number of ether oxygens (including phenoxy) is 1. The third kappa shape index (κ3) is 2.46. The van der Waals surface area contributed by atoms with E-state index in [2.05, 4.69) is 10.6 Å². The molecular formula is C20H22ClN3O5. The Morgan fingerprint density at radius 3 is 2.83 bits per heavy atom. The molecule has 4 aliphatic rings. The minimum atomic E-state index is -1.44. The number of nitrogens with one attached hydrogen (secondary N) is 2. The lowest BCUT2D eigenvalue weighted by molar-refractivity contribution is -0.144. The van der Waals surface area contributed by atoms with Gasteiger partial charge in [-0.25, -0.2) is 0 Å². The number of hydrogen-bond donors (Lipinski definition) is 3. The summed E-state index contributed by atoms with van der Waals surface area (Å²) in [5, 5.41) is 16.7. The van der Waals surface area contributed by atoms with E-state index in [4.69, 9.17) is 16.3 Å². The van der Waals surface area contributed by atoms with Crippen molar-refractivity contribution in [1.29, 1.82) is 0 Å². The number of halogens is 1. The average Bonchev–Trinajstić information content (AvgIpc) is 3.42. The average molecular weight is 420 g/mol. The van der Waals surface area contributed by atoms with E-state index in [9.17, 15) is 19.5 Å². The molecule has 6 atom stereocenters. The molecule has 5 rings (SSSR count). The third-order valence-electron chi connectivity index (χ3n) is 6.66. The smallest absolute Gasteiger partial charge is 0.250 e. The Balaban J connectivity index is 1.61. The number of anilines is 1. The van der Waals surface area contributed by atoms with Crippen molar-refractivity contribution < 1.29 is 24.2 Å². The molecule has 29 heavy (non-hydrogen) atoms. The van der Waals surface area contributed by atoms with Crippen molar-refractivity contribution in [1.82, 2.24) is 10.2 Å². The number of fused-ring (bicyclic) bond motifs is 4. The first-order valence-corrected chi connectivity index (χ1v) is 10.3. The summed E-state index contributed by atoms with van der Waals surface area (Å²) < 4.78 is 5.61. The lowest BCUT2D eigenvalue weighted by Gasteiger charge is -2.30. The molecule has 0 aliphatic carbocycles. The molecule has 0 unspecified atom stereocenters. The number of rotatable bonds is 3. The highest BCUT2D eigenvalue weighted by Crippen LogP contribution is 2.54. The van der Waals surface area contributed by atoms with Crippen LogP contribution in [0.2, 0.25) is 5.02 Å².